The summed E-state index contributed by atoms with van der Waals surface area (Å²) >= 11 is 5.79. The number of benzene rings is 1. The van der Waals surface area contributed by atoms with Crippen LogP contribution in [0.3, 0.4) is 0 Å². The Labute approximate surface area is 139 Å². The Morgan fingerprint density at radius 1 is 1.39 bits per heavy atom. The molecule has 0 radical (unpaired) electrons. The second-order valence-electron chi connectivity index (χ2n) is 5.29. The van der Waals surface area contributed by atoms with Gasteiger partial charge in [-0.25, -0.2) is 4.98 Å². The van der Waals surface area contributed by atoms with Crippen molar-refractivity contribution < 1.29 is 14.3 Å². The molecule has 1 aromatic carbocycles. The molecule has 1 unspecified atom stereocenters. The van der Waals surface area contributed by atoms with Crippen LogP contribution in [0, 0.1) is 0 Å². The lowest BCUT2D eigenvalue weighted by Crippen LogP contribution is -2.31. The van der Waals surface area contributed by atoms with Crippen LogP contribution in [0.15, 0.2) is 42.6 Å². The maximum atomic E-state index is 12.2. The number of carbonyl (C=O) groups excluding carboxylic acids is 1. The van der Waals surface area contributed by atoms with E-state index in [9.17, 15) is 4.79 Å². The summed E-state index contributed by atoms with van der Waals surface area (Å²) in [4.78, 5) is 16.3. The molecule has 0 spiro atoms. The Hall–Kier alpha value is -2.11. The maximum absolute atomic E-state index is 12.2. The average Bonchev–Trinajstić information content (AvgIpc) is 3.08. The van der Waals surface area contributed by atoms with Crippen LogP contribution < -0.4 is 10.1 Å². The van der Waals surface area contributed by atoms with Crippen molar-refractivity contribution in [2.24, 2.45) is 0 Å². The molecular formula is C17H17ClN2O3. The van der Waals surface area contributed by atoms with Crippen LogP contribution in [-0.4, -0.2) is 30.1 Å². The zero-order valence-electron chi connectivity index (χ0n) is 12.5. The Balaban J connectivity index is 1.61. The minimum atomic E-state index is -0.144. The number of hydrogen-bond donors (Lipinski definition) is 1. The summed E-state index contributed by atoms with van der Waals surface area (Å²) in [6.07, 6.45) is 3.68. The summed E-state index contributed by atoms with van der Waals surface area (Å²) in [5.41, 5.74) is 0.537. The fourth-order valence-corrected chi connectivity index (χ4v) is 2.47. The minimum absolute atomic E-state index is 0.122. The second kappa shape index (κ2) is 7.44. The molecule has 23 heavy (non-hydrogen) atoms. The molecule has 6 heteroatoms. The fraction of sp³-hybridized carbons (Fsp3) is 0.294. The summed E-state index contributed by atoms with van der Waals surface area (Å²) in [7, 11) is 0. The number of rotatable bonds is 5. The van der Waals surface area contributed by atoms with E-state index >= 15 is 0 Å². The highest BCUT2D eigenvalue weighted by molar-refractivity contribution is 6.30. The topological polar surface area (TPSA) is 60.5 Å². The standard InChI is InChI=1S/C17H17ClN2O3/c18-13-6-7-16(19-10-13)23-14-4-1-3-12(9-14)17(21)20-11-15-5-2-8-22-15/h1,3-4,6-7,9-10,15H,2,5,8,11H2,(H,20,21). The third-order valence-electron chi connectivity index (χ3n) is 3.53. The number of nitrogens with zero attached hydrogens (tertiary/aromatic N) is 1. The molecule has 120 valence electrons. The Bertz CT molecular complexity index is 670. The molecule has 0 aliphatic carbocycles. The van der Waals surface area contributed by atoms with E-state index < -0.39 is 0 Å². The maximum Gasteiger partial charge on any atom is 0.251 e. The Morgan fingerprint density at radius 2 is 2.30 bits per heavy atom. The molecule has 1 saturated heterocycles. The van der Waals surface area contributed by atoms with Crippen LogP contribution in [0.1, 0.15) is 23.2 Å². The van der Waals surface area contributed by atoms with E-state index in [0.29, 0.717) is 28.8 Å². The van der Waals surface area contributed by atoms with Crippen LogP contribution >= 0.6 is 11.6 Å². The molecule has 1 fully saturated rings. The van der Waals surface area contributed by atoms with Crippen molar-refractivity contribution >= 4 is 17.5 Å². The monoisotopic (exact) mass is 332 g/mol. The van der Waals surface area contributed by atoms with Crippen LogP contribution in [0.25, 0.3) is 0 Å². The molecule has 1 aliphatic heterocycles. The van der Waals surface area contributed by atoms with Crippen LogP contribution in [0.2, 0.25) is 5.02 Å². The number of carbonyl (C=O) groups is 1. The normalized spacial score (nSPS) is 17.0. The molecule has 1 aromatic heterocycles. The molecule has 1 amide bonds. The summed E-state index contributed by atoms with van der Waals surface area (Å²) in [6.45, 7) is 1.31. The quantitative estimate of drug-likeness (QED) is 0.911. The van der Waals surface area contributed by atoms with Gasteiger partial charge in [0, 0.05) is 31.0 Å². The summed E-state index contributed by atoms with van der Waals surface area (Å²) in [5.74, 6) is 0.825. The molecule has 5 nitrogen and oxygen atoms in total. The molecule has 1 aliphatic rings. The number of nitrogens with one attached hydrogen (secondary N) is 1. The summed E-state index contributed by atoms with van der Waals surface area (Å²) in [5, 5.41) is 3.43. The van der Waals surface area contributed by atoms with Gasteiger partial charge in [0.25, 0.3) is 5.91 Å². The third kappa shape index (κ3) is 4.43. The van der Waals surface area contributed by atoms with E-state index in [0.717, 1.165) is 19.4 Å². The van der Waals surface area contributed by atoms with Gasteiger partial charge < -0.3 is 14.8 Å². The van der Waals surface area contributed by atoms with Gasteiger partial charge in [0.05, 0.1) is 11.1 Å². The van der Waals surface area contributed by atoms with Crippen LogP contribution in [-0.2, 0) is 4.74 Å². The predicted molar refractivity (Wildman–Crippen MR) is 87.1 cm³/mol. The SMILES string of the molecule is O=C(NCC1CCCO1)c1cccc(Oc2ccc(Cl)cn2)c1. The number of aromatic nitrogens is 1. The fourth-order valence-electron chi connectivity index (χ4n) is 2.36. The van der Waals surface area contributed by atoms with Crippen molar-refractivity contribution in [1.82, 2.24) is 10.3 Å². The van der Waals surface area contributed by atoms with E-state index in [1.165, 1.54) is 6.20 Å². The average molecular weight is 333 g/mol. The lowest BCUT2D eigenvalue weighted by atomic mass is 10.2. The van der Waals surface area contributed by atoms with Gasteiger partial charge in [0.1, 0.15) is 5.75 Å². The lowest BCUT2D eigenvalue weighted by molar-refractivity contribution is 0.0857. The van der Waals surface area contributed by atoms with Gasteiger partial charge in [0.2, 0.25) is 5.88 Å². The van der Waals surface area contributed by atoms with Gasteiger partial charge in [-0.2, -0.15) is 0 Å². The molecule has 0 saturated carbocycles. The van der Waals surface area contributed by atoms with Crippen molar-refractivity contribution in [3.8, 4) is 11.6 Å². The molecular weight excluding hydrogens is 316 g/mol. The first-order valence-electron chi connectivity index (χ1n) is 7.50. The van der Waals surface area contributed by atoms with Crippen molar-refractivity contribution in [2.75, 3.05) is 13.2 Å². The van der Waals surface area contributed by atoms with Crippen LogP contribution in [0.5, 0.6) is 11.6 Å². The third-order valence-corrected chi connectivity index (χ3v) is 3.76. The van der Waals surface area contributed by atoms with Crippen LogP contribution in [0.4, 0.5) is 0 Å². The Morgan fingerprint density at radius 3 is 3.04 bits per heavy atom. The molecule has 3 rings (SSSR count). The van der Waals surface area contributed by atoms with E-state index in [1.54, 1.807) is 36.4 Å². The van der Waals surface area contributed by atoms with Gasteiger partial charge in [-0.15, -0.1) is 0 Å². The van der Waals surface area contributed by atoms with Gasteiger partial charge in [-0.05, 0) is 37.1 Å². The largest absolute Gasteiger partial charge is 0.439 e. The number of amides is 1. The number of hydrogen-bond acceptors (Lipinski definition) is 4. The second-order valence-corrected chi connectivity index (χ2v) is 5.73. The molecule has 2 heterocycles. The highest BCUT2D eigenvalue weighted by Gasteiger charge is 2.16. The number of pyridine rings is 1. The van der Waals surface area contributed by atoms with E-state index in [1.807, 2.05) is 0 Å². The highest BCUT2D eigenvalue weighted by Crippen LogP contribution is 2.21. The number of halogens is 1. The van der Waals surface area contributed by atoms with Gasteiger partial charge >= 0.3 is 0 Å². The molecule has 1 N–H and O–H groups in total. The minimum Gasteiger partial charge on any atom is -0.439 e. The molecule has 1 atom stereocenters. The highest BCUT2D eigenvalue weighted by atomic mass is 35.5. The number of ether oxygens (including phenoxy) is 2. The lowest BCUT2D eigenvalue weighted by Gasteiger charge is -2.11. The van der Waals surface area contributed by atoms with E-state index in [2.05, 4.69) is 10.3 Å². The first kappa shape index (κ1) is 15.8. The van der Waals surface area contributed by atoms with Crippen molar-refractivity contribution in [3.05, 3.63) is 53.2 Å². The first-order valence-corrected chi connectivity index (χ1v) is 7.88. The zero-order valence-corrected chi connectivity index (χ0v) is 13.3. The Kier molecular flexibility index (Phi) is 5.10. The van der Waals surface area contributed by atoms with E-state index in [-0.39, 0.29) is 12.0 Å². The molecule has 0 bridgehead atoms. The smallest absolute Gasteiger partial charge is 0.251 e. The zero-order chi connectivity index (χ0) is 16.1. The van der Waals surface area contributed by atoms with Gasteiger partial charge in [0.15, 0.2) is 0 Å². The van der Waals surface area contributed by atoms with Crippen molar-refractivity contribution in [2.45, 2.75) is 18.9 Å². The van der Waals surface area contributed by atoms with E-state index in [4.69, 9.17) is 21.1 Å². The summed E-state index contributed by atoms with van der Waals surface area (Å²) in [6, 6.07) is 10.3. The molecule has 2 aromatic rings. The van der Waals surface area contributed by atoms with Crippen molar-refractivity contribution in [1.29, 1.82) is 0 Å². The van der Waals surface area contributed by atoms with Crippen molar-refractivity contribution in [3.63, 3.8) is 0 Å². The summed E-state index contributed by atoms with van der Waals surface area (Å²) < 4.78 is 11.1. The van der Waals surface area contributed by atoms with Gasteiger partial charge in [-0.1, -0.05) is 17.7 Å². The van der Waals surface area contributed by atoms with Gasteiger partial charge in [-0.3, -0.25) is 4.79 Å². The first-order chi connectivity index (χ1) is 11.2. The predicted octanol–water partition coefficient (Wildman–Crippen LogP) is 3.44.